The van der Waals surface area contributed by atoms with Gasteiger partial charge in [0.15, 0.2) is 0 Å². The first-order valence-corrected chi connectivity index (χ1v) is 10.2. The number of carboxylic acids is 1. The van der Waals surface area contributed by atoms with Gasteiger partial charge in [0.25, 0.3) is 0 Å². The Balaban J connectivity index is 4.90. The van der Waals surface area contributed by atoms with Crippen LogP contribution in [0.3, 0.4) is 0 Å². The summed E-state index contributed by atoms with van der Waals surface area (Å²) < 4.78 is 0. The van der Waals surface area contributed by atoms with Crippen molar-refractivity contribution in [1.29, 1.82) is 0 Å². The van der Waals surface area contributed by atoms with Gasteiger partial charge in [-0.15, -0.1) is 0 Å². The molecule has 0 fully saturated rings. The van der Waals surface area contributed by atoms with E-state index in [9.17, 15) is 24.0 Å². The molecule has 0 aromatic heterocycles. The minimum Gasteiger partial charge on any atom is -0.480 e. The Morgan fingerprint density at radius 1 is 0.966 bits per heavy atom. The van der Waals surface area contributed by atoms with E-state index in [-0.39, 0.29) is 19.3 Å². The highest BCUT2D eigenvalue weighted by molar-refractivity contribution is 7.98. The maximum Gasteiger partial charge on any atom is 0.328 e. The van der Waals surface area contributed by atoms with Crippen LogP contribution in [0.2, 0.25) is 0 Å². The smallest absolute Gasteiger partial charge is 0.328 e. The molecule has 0 spiro atoms. The minimum atomic E-state index is -1.50. The number of aliphatic carboxylic acids is 1. The van der Waals surface area contributed by atoms with Crippen molar-refractivity contribution in [2.45, 2.75) is 50.4 Å². The second-order valence-corrected chi connectivity index (χ2v) is 7.25. The van der Waals surface area contributed by atoms with E-state index in [0.29, 0.717) is 5.75 Å². The van der Waals surface area contributed by atoms with Gasteiger partial charge < -0.3 is 37.6 Å². The van der Waals surface area contributed by atoms with Gasteiger partial charge in [-0.2, -0.15) is 11.8 Å². The fourth-order valence-corrected chi connectivity index (χ4v) is 2.55. The molecule has 0 aliphatic heterocycles. The lowest BCUT2D eigenvalue weighted by molar-refractivity contribution is -0.143. The number of aliphatic hydroxyl groups excluding tert-OH is 1. The van der Waals surface area contributed by atoms with E-state index >= 15 is 0 Å². The highest BCUT2D eigenvalue weighted by atomic mass is 32.2. The molecule has 13 heteroatoms. The number of hydrogen-bond acceptors (Lipinski definition) is 8. The van der Waals surface area contributed by atoms with Gasteiger partial charge in [0.1, 0.15) is 18.1 Å². The fraction of sp³-hybridized carbons (Fsp3) is 0.688. The Labute approximate surface area is 172 Å². The highest BCUT2D eigenvalue weighted by Gasteiger charge is 2.28. The Morgan fingerprint density at radius 2 is 1.55 bits per heavy atom. The Hall–Kier alpha value is -2.38. The number of carbonyl (C=O) groups excluding carboxylic acids is 4. The standard InChI is InChI=1S/C16H29N5O7S/c1-8(19-14(25)9(17)3-4-12(18)23)13(24)20-10(5-6-29-2)15(26)21-11(7-22)16(27)28/h8-11,22H,3-7,17H2,1-2H3,(H2,18,23)(H,19,25)(H,20,24)(H,21,26)(H,27,28). The van der Waals surface area contributed by atoms with Gasteiger partial charge in [-0.3, -0.25) is 19.2 Å². The zero-order valence-corrected chi connectivity index (χ0v) is 17.2. The number of hydrogen-bond donors (Lipinski definition) is 7. The molecule has 0 aromatic carbocycles. The molecule has 0 aliphatic carbocycles. The van der Waals surface area contributed by atoms with Crippen LogP contribution in [0.1, 0.15) is 26.2 Å². The van der Waals surface area contributed by atoms with Crippen LogP contribution >= 0.6 is 11.8 Å². The zero-order valence-electron chi connectivity index (χ0n) is 16.3. The van der Waals surface area contributed by atoms with Crippen molar-refractivity contribution in [2.24, 2.45) is 11.5 Å². The van der Waals surface area contributed by atoms with Crippen molar-refractivity contribution in [1.82, 2.24) is 16.0 Å². The normalized spacial score (nSPS) is 14.8. The number of carbonyl (C=O) groups is 5. The van der Waals surface area contributed by atoms with Gasteiger partial charge in [-0.1, -0.05) is 0 Å². The second-order valence-electron chi connectivity index (χ2n) is 6.27. The zero-order chi connectivity index (χ0) is 22.6. The minimum absolute atomic E-state index is 0.0198. The lowest BCUT2D eigenvalue weighted by atomic mass is 10.1. The van der Waals surface area contributed by atoms with Crippen LogP contribution in [0.5, 0.6) is 0 Å². The average molecular weight is 436 g/mol. The van der Waals surface area contributed by atoms with Gasteiger partial charge in [0, 0.05) is 6.42 Å². The maximum absolute atomic E-state index is 12.3. The molecule has 4 unspecified atom stereocenters. The number of amides is 4. The van der Waals surface area contributed by atoms with Gasteiger partial charge in [-0.05, 0) is 31.8 Å². The largest absolute Gasteiger partial charge is 0.480 e. The predicted molar refractivity (Wildman–Crippen MR) is 106 cm³/mol. The third-order valence-electron chi connectivity index (χ3n) is 3.83. The summed E-state index contributed by atoms with van der Waals surface area (Å²) in [7, 11) is 0. The first-order chi connectivity index (χ1) is 13.5. The molecule has 12 nitrogen and oxygen atoms in total. The van der Waals surface area contributed by atoms with Crippen LogP contribution in [0.15, 0.2) is 0 Å². The number of thioether (sulfide) groups is 1. The van der Waals surface area contributed by atoms with Crippen LogP contribution in [-0.2, 0) is 24.0 Å². The molecule has 4 amide bonds. The van der Waals surface area contributed by atoms with Crippen LogP contribution in [0.4, 0.5) is 0 Å². The summed E-state index contributed by atoms with van der Waals surface area (Å²) in [6.45, 7) is 0.575. The van der Waals surface area contributed by atoms with E-state index in [1.165, 1.54) is 18.7 Å². The molecule has 4 atom stereocenters. The first kappa shape index (κ1) is 26.6. The monoisotopic (exact) mass is 435 g/mol. The SMILES string of the molecule is CSCCC(NC(=O)C(C)NC(=O)C(N)CCC(N)=O)C(=O)NC(CO)C(=O)O. The Morgan fingerprint density at radius 3 is 2.03 bits per heavy atom. The molecule has 0 rings (SSSR count). The number of rotatable bonds is 14. The van der Waals surface area contributed by atoms with Crippen molar-refractivity contribution in [2.75, 3.05) is 18.6 Å². The summed E-state index contributed by atoms with van der Waals surface area (Å²) in [6, 6.07) is -4.64. The molecule has 0 aliphatic rings. The summed E-state index contributed by atoms with van der Waals surface area (Å²) in [5.41, 5.74) is 10.6. The molecular formula is C16H29N5O7S. The average Bonchev–Trinajstić information content (AvgIpc) is 2.66. The molecule has 0 radical (unpaired) electrons. The second kappa shape index (κ2) is 13.7. The molecule has 0 aromatic rings. The van der Waals surface area contributed by atoms with Crippen molar-refractivity contribution >= 4 is 41.4 Å². The van der Waals surface area contributed by atoms with Crippen LogP contribution in [0.25, 0.3) is 0 Å². The lowest BCUT2D eigenvalue weighted by Gasteiger charge is -2.23. The number of nitrogens with one attached hydrogen (secondary N) is 3. The van der Waals surface area contributed by atoms with Gasteiger partial charge in [0.2, 0.25) is 23.6 Å². The fourth-order valence-electron chi connectivity index (χ4n) is 2.07. The van der Waals surface area contributed by atoms with Gasteiger partial charge >= 0.3 is 5.97 Å². The van der Waals surface area contributed by atoms with E-state index in [4.69, 9.17) is 21.7 Å². The molecule has 0 bridgehead atoms. The van der Waals surface area contributed by atoms with Crippen LogP contribution < -0.4 is 27.4 Å². The Bertz CT molecular complexity index is 604. The quantitative estimate of drug-likeness (QED) is 0.147. The number of aliphatic hydroxyl groups is 1. The third-order valence-corrected chi connectivity index (χ3v) is 4.48. The number of nitrogens with two attached hydrogens (primary N) is 2. The van der Waals surface area contributed by atoms with E-state index in [0.717, 1.165) is 0 Å². The van der Waals surface area contributed by atoms with E-state index in [1.807, 2.05) is 0 Å². The molecule has 0 saturated heterocycles. The van der Waals surface area contributed by atoms with E-state index < -0.39 is 60.4 Å². The molecule has 0 heterocycles. The van der Waals surface area contributed by atoms with Crippen molar-refractivity contribution < 1.29 is 34.2 Å². The molecule has 29 heavy (non-hydrogen) atoms. The summed E-state index contributed by atoms with van der Waals surface area (Å²) >= 11 is 1.42. The topological polar surface area (TPSA) is 214 Å². The predicted octanol–water partition coefficient (Wildman–Crippen LogP) is -3.12. The summed E-state index contributed by atoms with van der Waals surface area (Å²) in [5.74, 6) is -3.65. The third kappa shape index (κ3) is 10.7. The van der Waals surface area contributed by atoms with E-state index in [2.05, 4.69) is 16.0 Å². The van der Waals surface area contributed by atoms with Crippen molar-refractivity contribution in [3.8, 4) is 0 Å². The van der Waals surface area contributed by atoms with Crippen LogP contribution in [-0.4, -0.2) is 82.6 Å². The Kier molecular flexibility index (Phi) is 12.6. The summed E-state index contributed by atoms with van der Waals surface area (Å²) in [5, 5.41) is 24.9. The van der Waals surface area contributed by atoms with Crippen molar-refractivity contribution in [3.63, 3.8) is 0 Å². The summed E-state index contributed by atoms with van der Waals surface area (Å²) in [6.07, 6.45) is 1.93. The first-order valence-electron chi connectivity index (χ1n) is 8.81. The molecular weight excluding hydrogens is 406 g/mol. The maximum atomic E-state index is 12.3. The highest BCUT2D eigenvalue weighted by Crippen LogP contribution is 2.03. The molecule has 166 valence electrons. The molecule has 0 saturated carbocycles. The van der Waals surface area contributed by atoms with Crippen molar-refractivity contribution in [3.05, 3.63) is 0 Å². The lowest BCUT2D eigenvalue weighted by Crippen LogP contribution is -2.56. The number of carboxylic acid groups (broad SMARTS) is 1. The summed E-state index contributed by atoms with van der Waals surface area (Å²) in [4.78, 5) is 58.3. The van der Waals surface area contributed by atoms with Gasteiger partial charge in [0.05, 0.1) is 12.6 Å². The molecule has 9 N–H and O–H groups in total. The van der Waals surface area contributed by atoms with Gasteiger partial charge in [-0.25, -0.2) is 4.79 Å². The van der Waals surface area contributed by atoms with Crippen LogP contribution in [0, 0.1) is 0 Å². The number of primary amides is 1. The van der Waals surface area contributed by atoms with E-state index in [1.54, 1.807) is 6.26 Å².